The topological polar surface area (TPSA) is 29.5 Å². The molecule has 0 spiro atoms. The molecule has 1 rings (SSSR count). The number of hydrogen-bond donors (Lipinski definition) is 1. The summed E-state index contributed by atoms with van der Waals surface area (Å²) in [4.78, 5) is 0. The monoisotopic (exact) mass is 498 g/mol. The SMILES string of the molecule is CCCOC(CC(O)C(F)(C(F)(F)F)C(F)(F)F)c1cc(C(F)(F)F)cc(C(F)(F)F)c1. The highest BCUT2D eigenvalue weighted by Crippen LogP contribution is 2.50. The van der Waals surface area contributed by atoms with Crippen LogP contribution in [0.2, 0.25) is 0 Å². The Labute approximate surface area is 172 Å². The minimum Gasteiger partial charge on any atom is -0.389 e. The van der Waals surface area contributed by atoms with Crippen LogP contribution in [0, 0.1) is 0 Å². The number of halogens is 13. The van der Waals surface area contributed by atoms with Crippen molar-refractivity contribution in [1.82, 2.24) is 0 Å². The average molecular weight is 498 g/mol. The maximum Gasteiger partial charge on any atom is 0.434 e. The van der Waals surface area contributed by atoms with Gasteiger partial charge in [-0.2, -0.15) is 52.7 Å². The van der Waals surface area contributed by atoms with Gasteiger partial charge in [0.15, 0.2) is 0 Å². The highest BCUT2D eigenvalue weighted by molar-refractivity contribution is 5.35. The molecule has 0 bridgehead atoms. The van der Waals surface area contributed by atoms with E-state index in [2.05, 4.69) is 0 Å². The Kier molecular flexibility index (Phi) is 8.15. The summed E-state index contributed by atoms with van der Waals surface area (Å²) in [6.45, 7) is 0.804. The molecular weight excluding hydrogens is 483 g/mol. The van der Waals surface area contributed by atoms with Crippen molar-refractivity contribution in [2.75, 3.05) is 6.61 Å². The first-order valence-corrected chi connectivity index (χ1v) is 8.57. The minimum atomic E-state index is -6.70. The lowest BCUT2D eigenvalue weighted by Gasteiger charge is -2.35. The van der Waals surface area contributed by atoms with E-state index in [1.165, 1.54) is 6.92 Å². The predicted molar refractivity (Wildman–Crippen MR) is 82.0 cm³/mol. The number of ether oxygens (including phenoxy) is 1. The molecule has 0 saturated carbocycles. The first-order chi connectivity index (χ1) is 14.2. The number of aliphatic hydroxyl groups excluding tert-OH is 1. The van der Waals surface area contributed by atoms with E-state index >= 15 is 0 Å². The molecule has 0 aromatic heterocycles. The summed E-state index contributed by atoms with van der Waals surface area (Å²) in [6, 6.07) is -0.325. The van der Waals surface area contributed by atoms with E-state index in [9.17, 15) is 62.2 Å². The Bertz CT molecular complexity index is 715. The number of aliphatic hydroxyl groups is 1. The zero-order chi connectivity index (χ0) is 25.3. The van der Waals surface area contributed by atoms with Crippen molar-refractivity contribution in [1.29, 1.82) is 0 Å². The van der Waals surface area contributed by atoms with Gasteiger partial charge in [0.2, 0.25) is 0 Å². The van der Waals surface area contributed by atoms with Gasteiger partial charge in [-0.3, -0.25) is 0 Å². The van der Waals surface area contributed by atoms with Crippen LogP contribution in [0.25, 0.3) is 0 Å². The standard InChI is InChI=1S/C17H15F13O2/c1-2-3-32-11(7-12(31)13(18,16(25,26)27)17(28,29)30)8-4-9(14(19,20)21)6-10(5-8)15(22,23)24/h4-6,11-12,31H,2-3,7H2,1H3. The van der Waals surface area contributed by atoms with Crippen molar-refractivity contribution < 1.29 is 66.9 Å². The van der Waals surface area contributed by atoms with E-state index in [4.69, 9.17) is 4.74 Å². The summed E-state index contributed by atoms with van der Waals surface area (Å²) in [6.07, 6.45) is -32.5. The zero-order valence-electron chi connectivity index (χ0n) is 15.8. The molecule has 1 aromatic rings. The summed E-state index contributed by atoms with van der Waals surface area (Å²) >= 11 is 0. The highest BCUT2D eigenvalue weighted by Gasteiger charge is 2.76. The summed E-state index contributed by atoms with van der Waals surface area (Å²) in [5.41, 5.74) is -11.2. The third-order valence-electron chi connectivity index (χ3n) is 4.23. The first kappa shape index (κ1) is 28.3. The molecule has 186 valence electrons. The van der Waals surface area contributed by atoms with Gasteiger partial charge in [-0.05, 0) is 30.2 Å². The van der Waals surface area contributed by atoms with Gasteiger partial charge in [0.05, 0.1) is 17.2 Å². The van der Waals surface area contributed by atoms with E-state index in [0.29, 0.717) is 0 Å². The lowest BCUT2D eigenvalue weighted by atomic mass is 9.89. The lowest BCUT2D eigenvalue weighted by Crippen LogP contribution is -2.61. The lowest BCUT2D eigenvalue weighted by molar-refractivity contribution is -0.366. The number of rotatable bonds is 7. The summed E-state index contributed by atoms with van der Waals surface area (Å²) in [7, 11) is 0. The predicted octanol–water partition coefficient (Wildman–Crippen LogP) is 6.78. The van der Waals surface area contributed by atoms with Crippen LogP contribution in [0.1, 0.15) is 42.6 Å². The molecular formula is C17H15F13O2. The van der Waals surface area contributed by atoms with Gasteiger partial charge in [-0.1, -0.05) is 6.92 Å². The van der Waals surface area contributed by atoms with Crippen molar-refractivity contribution in [3.05, 3.63) is 34.9 Å². The fourth-order valence-corrected chi connectivity index (χ4v) is 2.63. The summed E-state index contributed by atoms with van der Waals surface area (Å²) in [5, 5.41) is 9.49. The van der Waals surface area contributed by atoms with Gasteiger partial charge in [0, 0.05) is 13.0 Å². The second kappa shape index (κ2) is 9.23. The Balaban J connectivity index is 3.58. The zero-order valence-corrected chi connectivity index (χ0v) is 15.8. The van der Waals surface area contributed by atoms with Crippen LogP contribution in [-0.2, 0) is 17.1 Å². The summed E-state index contributed by atoms with van der Waals surface area (Å²) < 4.78 is 174. The smallest absolute Gasteiger partial charge is 0.389 e. The van der Waals surface area contributed by atoms with E-state index in [0.717, 1.165) is 0 Å². The minimum absolute atomic E-state index is 0.00335. The molecule has 0 saturated heterocycles. The number of benzene rings is 1. The van der Waals surface area contributed by atoms with Crippen LogP contribution in [0.15, 0.2) is 18.2 Å². The molecule has 2 unspecified atom stereocenters. The van der Waals surface area contributed by atoms with E-state index in [1.807, 2.05) is 0 Å². The Hall–Kier alpha value is -1.77. The van der Waals surface area contributed by atoms with Crippen LogP contribution in [0.5, 0.6) is 0 Å². The van der Waals surface area contributed by atoms with Crippen molar-refractivity contribution in [3.8, 4) is 0 Å². The Morgan fingerprint density at radius 1 is 0.750 bits per heavy atom. The first-order valence-electron chi connectivity index (χ1n) is 8.57. The van der Waals surface area contributed by atoms with Crippen molar-refractivity contribution in [3.63, 3.8) is 0 Å². The van der Waals surface area contributed by atoms with Crippen LogP contribution in [-0.4, -0.2) is 35.8 Å². The fraction of sp³-hybridized carbons (Fsp3) is 0.647. The fourth-order valence-electron chi connectivity index (χ4n) is 2.63. The molecule has 0 radical (unpaired) electrons. The molecule has 0 amide bonds. The van der Waals surface area contributed by atoms with Gasteiger partial charge >= 0.3 is 30.4 Å². The normalized spacial score (nSPS) is 16.2. The van der Waals surface area contributed by atoms with Gasteiger partial charge in [0.1, 0.15) is 6.10 Å². The Morgan fingerprint density at radius 3 is 1.47 bits per heavy atom. The second-order valence-corrected chi connectivity index (χ2v) is 6.66. The quantitative estimate of drug-likeness (QED) is 0.421. The van der Waals surface area contributed by atoms with Gasteiger partial charge in [0.25, 0.3) is 0 Å². The van der Waals surface area contributed by atoms with Crippen LogP contribution in [0.3, 0.4) is 0 Å². The van der Waals surface area contributed by atoms with Crippen molar-refractivity contribution >= 4 is 0 Å². The van der Waals surface area contributed by atoms with Crippen molar-refractivity contribution in [2.45, 2.75) is 62.3 Å². The molecule has 0 heterocycles. The maximum absolute atomic E-state index is 14.0. The molecule has 1 N–H and O–H groups in total. The molecule has 0 aliphatic heterocycles. The third kappa shape index (κ3) is 6.17. The number of hydrogen-bond acceptors (Lipinski definition) is 2. The van der Waals surface area contributed by atoms with Gasteiger partial charge in [-0.25, -0.2) is 4.39 Å². The largest absolute Gasteiger partial charge is 0.434 e. The molecule has 0 fully saturated rings. The van der Waals surface area contributed by atoms with E-state index in [-0.39, 0.29) is 24.6 Å². The molecule has 0 aliphatic rings. The van der Waals surface area contributed by atoms with E-state index < -0.39 is 72.3 Å². The van der Waals surface area contributed by atoms with Crippen molar-refractivity contribution in [2.24, 2.45) is 0 Å². The average Bonchev–Trinajstić information content (AvgIpc) is 2.60. The molecule has 32 heavy (non-hydrogen) atoms. The Morgan fingerprint density at radius 2 is 1.16 bits per heavy atom. The van der Waals surface area contributed by atoms with Gasteiger partial charge in [-0.15, -0.1) is 0 Å². The second-order valence-electron chi connectivity index (χ2n) is 6.66. The molecule has 2 atom stereocenters. The highest BCUT2D eigenvalue weighted by atomic mass is 19.4. The van der Waals surface area contributed by atoms with Gasteiger partial charge < -0.3 is 9.84 Å². The van der Waals surface area contributed by atoms with Crippen LogP contribution in [0.4, 0.5) is 57.1 Å². The van der Waals surface area contributed by atoms with Crippen LogP contribution >= 0.6 is 0 Å². The molecule has 2 nitrogen and oxygen atoms in total. The maximum atomic E-state index is 14.0. The third-order valence-corrected chi connectivity index (χ3v) is 4.23. The summed E-state index contributed by atoms with van der Waals surface area (Å²) in [5.74, 6) is 0. The van der Waals surface area contributed by atoms with Crippen LogP contribution < -0.4 is 0 Å². The molecule has 0 aliphatic carbocycles. The van der Waals surface area contributed by atoms with E-state index in [1.54, 1.807) is 0 Å². The molecule has 1 aromatic carbocycles. The number of alkyl halides is 13. The molecule has 15 heteroatoms.